The third-order valence-corrected chi connectivity index (χ3v) is 7.45. The molecule has 0 aliphatic heterocycles. The number of nitrogens with one attached hydrogen (secondary N) is 1. The average molecular weight is 483 g/mol. The van der Waals surface area contributed by atoms with E-state index in [1.54, 1.807) is 11.8 Å². The zero-order valence-electron chi connectivity index (χ0n) is 17.9. The maximum Gasteiger partial charge on any atom is 0.282 e. The van der Waals surface area contributed by atoms with Gasteiger partial charge in [-0.05, 0) is 29.8 Å². The van der Waals surface area contributed by atoms with Crippen LogP contribution in [0.1, 0.15) is 20.4 Å². The lowest BCUT2D eigenvalue weighted by atomic mass is 10.2. The molecule has 3 aromatic carbocycles. The third-order valence-electron chi connectivity index (χ3n) is 5.39. The van der Waals surface area contributed by atoms with Gasteiger partial charge in [-0.15, -0.1) is 10.2 Å². The summed E-state index contributed by atoms with van der Waals surface area (Å²) in [4.78, 5) is 22.3. The molecule has 0 spiro atoms. The molecule has 0 saturated carbocycles. The Bertz CT molecular complexity index is 1640. The maximum atomic E-state index is 12.5. The Morgan fingerprint density at radius 1 is 0.882 bits per heavy atom. The van der Waals surface area contributed by atoms with Crippen LogP contribution in [0.4, 0.5) is 0 Å². The van der Waals surface area contributed by atoms with E-state index in [0.29, 0.717) is 17.3 Å². The largest absolute Gasteiger partial charge is 0.346 e. The van der Waals surface area contributed by atoms with Gasteiger partial charge < -0.3 is 5.32 Å². The molecule has 0 aliphatic carbocycles. The molecule has 0 saturated heterocycles. The lowest BCUT2D eigenvalue weighted by Gasteiger charge is -2.07. The van der Waals surface area contributed by atoms with Crippen LogP contribution in [0.5, 0.6) is 0 Å². The van der Waals surface area contributed by atoms with Crippen molar-refractivity contribution >= 4 is 56.6 Å². The van der Waals surface area contributed by atoms with Gasteiger partial charge in [-0.3, -0.25) is 9.20 Å². The van der Waals surface area contributed by atoms with Crippen LogP contribution in [0.25, 0.3) is 27.6 Å². The minimum absolute atomic E-state index is 0.218. The van der Waals surface area contributed by atoms with Gasteiger partial charge in [-0.1, -0.05) is 77.7 Å². The summed E-state index contributed by atoms with van der Waals surface area (Å²) in [6.07, 6.45) is 0. The minimum atomic E-state index is -0.218. The Labute approximate surface area is 202 Å². The number of hydrogen-bond donors (Lipinski definition) is 1. The van der Waals surface area contributed by atoms with Crippen molar-refractivity contribution in [2.75, 3.05) is 0 Å². The number of imidazole rings is 1. The molecule has 34 heavy (non-hydrogen) atoms. The first kappa shape index (κ1) is 20.8. The number of amides is 1. The van der Waals surface area contributed by atoms with Crippen molar-refractivity contribution in [3.63, 3.8) is 0 Å². The summed E-state index contributed by atoms with van der Waals surface area (Å²) in [5.41, 5.74) is 4.75. The highest BCUT2D eigenvalue weighted by molar-refractivity contribution is 7.98. The van der Waals surface area contributed by atoms with Gasteiger partial charge in [0.15, 0.2) is 5.16 Å². The molecule has 3 heterocycles. The van der Waals surface area contributed by atoms with Gasteiger partial charge >= 0.3 is 0 Å². The molecule has 0 radical (unpaired) electrons. The average Bonchev–Trinajstić information content (AvgIpc) is 3.52. The molecule has 0 atom stereocenters. The van der Waals surface area contributed by atoms with E-state index in [4.69, 9.17) is 9.97 Å². The van der Waals surface area contributed by atoms with E-state index in [0.717, 1.165) is 43.3 Å². The van der Waals surface area contributed by atoms with E-state index in [9.17, 15) is 4.79 Å². The Morgan fingerprint density at radius 3 is 2.53 bits per heavy atom. The normalized spacial score (nSPS) is 11.4. The zero-order chi connectivity index (χ0) is 22.9. The second kappa shape index (κ2) is 8.85. The second-order valence-electron chi connectivity index (χ2n) is 7.63. The summed E-state index contributed by atoms with van der Waals surface area (Å²) in [6.45, 7) is 0.454. The van der Waals surface area contributed by atoms with Crippen LogP contribution in [0.2, 0.25) is 0 Å². The standard InChI is InChI=1S/C25H18N6OS2/c32-23(26-14-16-8-2-1-3-9-16)24-30-29-21(34-24)15-33-25-28-18-11-5-4-10-17(18)22-27-19-12-6-7-13-20(19)31(22)25/h1-13H,14-15H2,(H,26,32). The Morgan fingerprint density at radius 2 is 1.65 bits per heavy atom. The number of carbonyl (C=O) groups is 1. The van der Waals surface area contributed by atoms with Crippen LogP contribution < -0.4 is 5.32 Å². The van der Waals surface area contributed by atoms with Crippen LogP contribution in [-0.2, 0) is 12.3 Å². The smallest absolute Gasteiger partial charge is 0.282 e. The first-order chi connectivity index (χ1) is 16.8. The molecule has 0 fully saturated rings. The van der Waals surface area contributed by atoms with E-state index in [-0.39, 0.29) is 5.91 Å². The van der Waals surface area contributed by atoms with Crippen molar-refractivity contribution in [1.82, 2.24) is 29.9 Å². The molecule has 0 aliphatic rings. The first-order valence-electron chi connectivity index (χ1n) is 10.7. The number of para-hydroxylation sites is 3. The number of fused-ring (bicyclic) bond motifs is 5. The molecule has 1 amide bonds. The number of rotatable bonds is 6. The number of benzene rings is 3. The van der Waals surface area contributed by atoms with Crippen LogP contribution in [-0.4, -0.2) is 30.5 Å². The number of aromatic nitrogens is 5. The minimum Gasteiger partial charge on any atom is -0.346 e. The quantitative estimate of drug-likeness (QED) is 0.262. The van der Waals surface area contributed by atoms with Crippen LogP contribution >= 0.6 is 23.1 Å². The molecule has 0 bridgehead atoms. The summed E-state index contributed by atoms with van der Waals surface area (Å²) < 4.78 is 2.09. The molecular weight excluding hydrogens is 464 g/mol. The monoisotopic (exact) mass is 482 g/mol. The van der Waals surface area contributed by atoms with E-state index in [1.165, 1.54) is 11.3 Å². The fourth-order valence-electron chi connectivity index (χ4n) is 3.79. The maximum absolute atomic E-state index is 12.5. The van der Waals surface area contributed by atoms with Crippen LogP contribution in [0, 0.1) is 0 Å². The van der Waals surface area contributed by atoms with Crippen molar-refractivity contribution in [1.29, 1.82) is 0 Å². The Kier molecular flexibility index (Phi) is 5.40. The van der Waals surface area contributed by atoms with Crippen molar-refractivity contribution in [3.05, 3.63) is 94.4 Å². The highest BCUT2D eigenvalue weighted by Gasteiger charge is 2.16. The Hall–Kier alpha value is -3.82. The van der Waals surface area contributed by atoms with E-state index < -0.39 is 0 Å². The fourth-order valence-corrected chi connectivity index (χ4v) is 5.55. The molecule has 166 valence electrons. The number of nitrogens with zero attached hydrogens (tertiary/aromatic N) is 5. The summed E-state index contributed by atoms with van der Waals surface area (Å²) in [5.74, 6) is 0.334. The van der Waals surface area contributed by atoms with Crippen molar-refractivity contribution in [2.24, 2.45) is 0 Å². The first-order valence-corrected chi connectivity index (χ1v) is 12.5. The summed E-state index contributed by atoms with van der Waals surface area (Å²) in [7, 11) is 0. The predicted molar refractivity (Wildman–Crippen MR) is 135 cm³/mol. The Balaban J connectivity index is 1.26. The second-order valence-corrected chi connectivity index (χ2v) is 9.63. The van der Waals surface area contributed by atoms with E-state index in [1.807, 2.05) is 72.8 Å². The topological polar surface area (TPSA) is 85.1 Å². The number of thioether (sulfide) groups is 1. The fraction of sp³-hybridized carbons (Fsp3) is 0.0800. The number of carbonyl (C=O) groups excluding carboxylic acids is 1. The van der Waals surface area contributed by atoms with Crippen LogP contribution in [0.15, 0.2) is 84.0 Å². The molecule has 9 heteroatoms. The van der Waals surface area contributed by atoms with Crippen molar-refractivity contribution in [2.45, 2.75) is 17.5 Å². The molecular formula is C25H18N6OS2. The van der Waals surface area contributed by atoms with Gasteiger partial charge in [0.25, 0.3) is 5.91 Å². The van der Waals surface area contributed by atoms with Crippen molar-refractivity contribution in [3.8, 4) is 0 Å². The SMILES string of the molecule is O=C(NCc1ccccc1)c1nnc(CSc2nc3ccccc3c3nc4ccccc4n23)s1. The molecule has 6 rings (SSSR count). The molecule has 1 N–H and O–H groups in total. The van der Waals surface area contributed by atoms with Crippen LogP contribution in [0.3, 0.4) is 0 Å². The predicted octanol–water partition coefficient (Wildman–Crippen LogP) is 5.11. The van der Waals surface area contributed by atoms with Gasteiger partial charge in [0, 0.05) is 11.9 Å². The summed E-state index contributed by atoms with van der Waals surface area (Å²) in [6, 6.07) is 25.9. The molecule has 7 nitrogen and oxygen atoms in total. The summed E-state index contributed by atoms with van der Waals surface area (Å²) >= 11 is 2.86. The van der Waals surface area contributed by atoms with E-state index >= 15 is 0 Å². The number of hydrogen-bond acceptors (Lipinski definition) is 7. The lowest BCUT2D eigenvalue weighted by Crippen LogP contribution is -2.22. The molecule has 6 aromatic rings. The van der Waals surface area contributed by atoms with Gasteiger partial charge in [0.1, 0.15) is 10.7 Å². The lowest BCUT2D eigenvalue weighted by molar-refractivity contribution is 0.0950. The third kappa shape index (κ3) is 3.89. The van der Waals surface area contributed by atoms with Crippen molar-refractivity contribution < 1.29 is 4.79 Å². The highest BCUT2D eigenvalue weighted by atomic mass is 32.2. The summed E-state index contributed by atoms with van der Waals surface area (Å²) in [5, 5.41) is 14.2. The molecule has 3 aromatic heterocycles. The van der Waals surface area contributed by atoms with Gasteiger partial charge in [0.2, 0.25) is 5.01 Å². The molecule has 0 unspecified atom stereocenters. The van der Waals surface area contributed by atoms with Gasteiger partial charge in [0.05, 0.1) is 22.3 Å². The van der Waals surface area contributed by atoms with E-state index in [2.05, 4.69) is 26.0 Å². The highest BCUT2D eigenvalue weighted by Crippen LogP contribution is 2.30. The van der Waals surface area contributed by atoms with Gasteiger partial charge in [-0.2, -0.15) is 0 Å². The zero-order valence-corrected chi connectivity index (χ0v) is 19.5. The van der Waals surface area contributed by atoms with Gasteiger partial charge in [-0.25, -0.2) is 9.97 Å².